The van der Waals surface area contributed by atoms with Crippen LogP contribution in [0.3, 0.4) is 0 Å². The summed E-state index contributed by atoms with van der Waals surface area (Å²) in [5.74, 6) is 0.214. The van der Waals surface area contributed by atoms with Crippen LogP contribution in [0.2, 0.25) is 0 Å². The molecule has 4 nitrogen and oxygen atoms in total. The molecule has 0 aromatic heterocycles. The first-order valence-corrected chi connectivity index (χ1v) is 8.83. The molecule has 0 saturated carbocycles. The van der Waals surface area contributed by atoms with Crippen LogP contribution >= 0.6 is 0 Å². The van der Waals surface area contributed by atoms with Crippen molar-refractivity contribution in [3.8, 4) is 16.9 Å². The molecule has 0 spiro atoms. The highest BCUT2D eigenvalue weighted by Crippen LogP contribution is 2.48. The van der Waals surface area contributed by atoms with Gasteiger partial charge in [-0.05, 0) is 41.7 Å². The van der Waals surface area contributed by atoms with Crippen molar-refractivity contribution in [2.45, 2.75) is 39.7 Å². The van der Waals surface area contributed by atoms with Crippen LogP contribution in [0, 0.1) is 11.2 Å². The smallest absolute Gasteiger partial charge is 0.405 e. The maximum absolute atomic E-state index is 13.6. The van der Waals surface area contributed by atoms with Crippen molar-refractivity contribution in [2.24, 2.45) is 11.1 Å². The predicted octanol–water partition coefficient (Wildman–Crippen LogP) is 5.00. The van der Waals surface area contributed by atoms with Gasteiger partial charge in [0.1, 0.15) is 17.7 Å². The molecule has 0 heterocycles. The van der Waals surface area contributed by atoms with E-state index >= 15 is 0 Å². The second-order valence-corrected chi connectivity index (χ2v) is 7.38. The summed E-state index contributed by atoms with van der Waals surface area (Å²) in [6.07, 6.45) is 0.475. The summed E-state index contributed by atoms with van der Waals surface area (Å²) < 4.78 is 24.7. The van der Waals surface area contributed by atoms with Crippen molar-refractivity contribution in [1.82, 2.24) is 0 Å². The zero-order chi connectivity index (χ0) is 18.9. The molecular formula is C21H24FNO3. The molecule has 1 amide bonds. The number of hydrogen-bond acceptors (Lipinski definition) is 3. The molecule has 26 heavy (non-hydrogen) atoms. The van der Waals surface area contributed by atoms with E-state index in [4.69, 9.17) is 15.2 Å². The quantitative estimate of drug-likeness (QED) is 0.819. The van der Waals surface area contributed by atoms with Gasteiger partial charge in [-0.2, -0.15) is 0 Å². The van der Waals surface area contributed by atoms with Crippen LogP contribution in [0.5, 0.6) is 5.75 Å². The molecule has 0 aliphatic heterocycles. The number of amides is 1. The van der Waals surface area contributed by atoms with E-state index in [1.54, 1.807) is 6.07 Å². The van der Waals surface area contributed by atoms with E-state index in [9.17, 15) is 9.18 Å². The summed E-state index contributed by atoms with van der Waals surface area (Å²) >= 11 is 0. The van der Waals surface area contributed by atoms with Crippen LogP contribution in [-0.4, -0.2) is 12.7 Å². The largest absolute Gasteiger partial charge is 0.493 e. The van der Waals surface area contributed by atoms with Gasteiger partial charge >= 0.3 is 6.09 Å². The van der Waals surface area contributed by atoms with Gasteiger partial charge in [-0.15, -0.1) is 0 Å². The summed E-state index contributed by atoms with van der Waals surface area (Å²) in [4.78, 5) is 11.3. The Bertz CT molecular complexity index is 832. The number of primary amides is 1. The minimum Gasteiger partial charge on any atom is -0.493 e. The van der Waals surface area contributed by atoms with Crippen LogP contribution < -0.4 is 10.5 Å². The van der Waals surface area contributed by atoms with Gasteiger partial charge in [0, 0.05) is 17.0 Å². The standard InChI is InChI=1S/C21H24FNO3/c1-4-9-25-18-11-15(22)6-8-16(18)13-5-7-17-14(10-13)12-21(2,3)19(17)26-20(23)24/h5-8,10-11,19H,4,9,12H2,1-3H3,(H2,23,24). The maximum atomic E-state index is 13.6. The molecule has 2 aromatic rings. The van der Waals surface area contributed by atoms with E-state index in [1.165, 1.54) is 12.1 Å². The lowest BCUT2D eigenvalue weighted by Crippen LogP contribution is -2.25. The van der Waals surface area contributed by atoms with Crippen molar-refractivity contribution >= 4 is 6.09 Å². The summed E-state index contributed by atoms with van der Waals surface area (Å²) in [7, 11) is 0. The van der Waals surface area contributed by atoms with Gasteiger partial charge in [-0.1, -0.05) is 39.0 Å². The molecule has 0 saturated heterocycles. The van der Waals surface area contributed by atoms with Crippen LogP contribution in [0.4, 0.5) is 9.18 Å². The highest BCUT2D eigenvalue weighted by atomic mass is 19.1. The van der Waals surface area contributed by atoms with E-state index in [-0.39, 0.29) is 17.3 Å². The molecule has 1 aliphatic carbocycles. The Balaban J connectivity index is 2.00. The topological polar surface area (TPSA) is 61.6 Å². The third kappa shape index (κ3) is 3.52. The lowest BCUT2D eigenvalue weighted by Gasteiger charge is -2.26. The van der Waals surface area contributed by atoms with Crippen molar-refractivity contribution in [3.05, 3.63) is 53.3 Å². The van der Waals surface area contributed by atoms with Crippen LogP contribution in [0.25, 0.3) is 11.1 Å². The number of hydrogen-bond donors (Lipinski definition) is 1. The molecule has 0 fully saturated rings. The Hall–Kier alpha value is -2.56. The summed E-state index contributed by atoms with van der Waals surface area (Å²) in [6.45, 7) is 6.64. The summed E-state index contributed by atoms with van der Waals surface area (Å²) in [5.41, 5.74) is 8.87. The van der Waals surface area contributed by atoms with E-state index < -0.39 is 6.09 Å². The fourth-order valence-corrected chi connectivity index (χ4v) is 3.59. The molecular weight excluding hydrogens is 333 g/mol. The van der Waals surface area contributed by atoms with Gasteiger partial charge in [0.2, 0.25) is 0 Å². The van der Waals surface area contributed by atoms with Crippen molar-refractivity contribution in [2.75, 3.05) is 6.61 Å². The van der Waals surface area contributed by atoms with Gasteiger partial charge in [0.15, 0.2) is 0 Å². The number of fused-ring (bicyclic) bond motifs is 1. The lowest BCUT2D eigenvalue weighted by molar-refractivity contribution is 0.0392. The van der Waals surface area contributed by atoms with Crippen molar-refractivity contribution < 1.29 is 18.7 Å². The SMILES string of the molecule is CCCOc1cc(F)ccc1-c1ccc2c(c1)CC(C)(C)C2OC(N)=O. The third-order valence-electron chi connectivity index (χ3n) is 4.73. The first kappa shape index (κ1) is 18.2. The van der Waals surface area contributed by atoms with Crippen LogP contribution in [-0.2, 0) is 11.2 Å². The Morgan fingerprint density at radius 1 is 1.27 bits per heavy atom. The lowest BCUT2D eigenvalue weighted by atomic mass is 9.87. The highest BCUT2D eigenvalue weighted by Gasteiger charge is 2.41. The third-order valence-corrected chi connectivity index (χ3v) is 4.73. The number of ether oxygens (including phenoxy) is 2. The first-order chi connectivity index (χ1) is 12.3. The van der Waals surface area contributed by atoms with E-state index in [2.05, 4.69) is 6.07 Å². The maximum Gasteiger partial charge on any atom is 0.405 e. The minimum absolute atomic E-state index is 0.236. The average Bonchev–Trinajstić information content (AvgIpc) is 2.82. The summed E-state index contributed by atoms with van der Waals surface area (Å²) in [5, 5.41) is 0. The van der Waals surface area contributed by atoms with E-state index in [0.717, 1.165) is 35.1 Å². The number of carbonyl (C=O) groups excluding carboxylic acids is 1. The van der Waals surface area contributed by atoms with Gasteiger partial charge in [-0.3, -0.25) is 0 Å². The molecule has 3 rings (SSSR count). The molecule has 1 atom stereocenters. The van der Waals surface area contributed by atoms with Crippen molar-refractivity contribution in [3.63, 3.8) is 0 Å². The minimum atomic E-state index is -0.770. The van der Waals surface area contributed by atoms with Gasteiger partial charge in [0.25, 0.3) is 0 Å². The number of benzene rings is 2. The van der Waals surface area contributed by atoms with Gasteiger partial charge in [-0.25, -0.2) is 9.18 Å². The van der Waals surface area contributed by atoms with E-state index in [0.29, 0.717) is 12.4 Å². The highest BCUT2D eigenvalue weighted by molar-refractivity contribution is 5.72. The Kier molecular flexibility index (Phi) is 4.90. The second-order valence-electron chi connectivity index (χ2n) is 7.38. The predicted molar refractivity (Wildman–Crippen MR) is 98.5 cm³/mol. The molecule has 1 unspecified atom stereocenters. The average molecular weight is 357 g/mol. The van der Waals surface area contributed by atoms with Crippen LogP contribution in [0.1, 0.15) is 44.4 Å². The number of halogens is 1. The second kappa shape index (κ2) is 6.98. The molecule has 0 bridgehead atoms. The Morgan fingerprint density at radius 3 is 2.73 bits per heavy atom. The molecule has 2 aromatic carbocycles. The Labute approximate surface area is 153 Å². The fraction of sp³-hybridized carbons (Fsp3) is 0.381. The molecule has 138 valence electrons. The number of carbonyl (C=O) groups is 1. The van der Waals surface area contributed by atoms with E-state index in [1.807, 2.05) is 32.9 Å². The van der Waals surface area contributed by atoms with Gasteiger partial charge in [0.05, 0.1) is 6.61 Å². The zero-order valence-corrected chi connectivity index (χ0v) is 15.3. The number of nitrogens with two attached hydrogens (primary N) is 1. The number of rotatable bonds is 5. The molecule has 5 heteroatoms. The normalized spacial score (nSPS) is 17.6. The van der Waals surface area contributed by atoms with Crippen LogP contribution in [0.15, 0.2) is 36.4 Å². The summed E-state index contributed by atoms with van der Waals surface area (Å²) in [6, 6.07) is 10.6. The van der Waals surface area contributed by atoms with Gasteiger partial charge < -0.3 is 15.2 Å². The molecule has 2 N–H and O–H groups in total. The Morgan fingerprint density at radius 2 is 2.04 bits per heavy atom. The first-order valence-electron chi connectivity index (χ1n) is 8.83. The molecule has 0 radical (unpaired) electrons. The monoisotopic (exact) mass is 357 g/mol. The zero-order valence-electron chi connectivity index (χ0n) is 15.3. The molecule has 1 aliphatic rings. The van der Waals surface area contributed by atoms with Crippen molar-refractivity contribution in [1.29, 1.82) is 0 Å². The fourth-order valence-electron chi connectivity index (χ4n) is 3.59.